The molecule has 2 rings (SSSR count). The summed E-state index contributed by atoms with van der Waals surface area (Å²) < 4.78 is 11.5. The number of benzene rings is 2. The third-order valence-corrected chi connectivity index (χ3v) is 5.02. The number of hydrogen-bond acceptors (Lipinski definition) is 4. The molecular formula is C25H32O6. The Bertz CT molecular complexity index is 831. The smallest absolute Gasteiger partial charge is 0.340 e. The molecule has 2 N–H and O–H groups in total. The predicted octanol–water partition coefficient (Wildman–Crippen LogP) is 5.83. The largest absolute Gasteiger partial charge is 0.490 e. The summed E-state index contributed by atoms with van der Waals surface area (Å²) in [6.07, 6.45) is 7.70. The molecule has 31 heavy (non-hydrogen) atoms. The molecule has 0 aromatic heterocycles. The van der Waals surface area contributed by atoms with Gasteiger partial charge < -0.3 is 19.7 Å². The lowest BCUT2D eigenvalue weighted by molar-refractivity contribution is 0.0646. The summed E-state index contributed by atoms with van der Waals surface area (Å²) in [7, 11) is 0. The third kappa shape index (κ3) is 7.96. The molecule has 0 aliphatic carbocycles. The molecule has 0 amide bonds. The van der Waals surface area contributed by atoms with Crippen LogP contribution in [0, 0.1) is 0 Å². The van der Waals surface area contributed by atoms with Crippen LogP contribution in [0.3, 0.4) is 0 Å². The Hall–Kier alpha value is -3.02. The Kier molecular flexibility index (Phi) is 10.4. The van der Waals surface area contributed by atoms with Crippen LogP contribution in [0.5, 0.6) is 11.5 Å². The van der Waals surface area contributed by atoms with E-state index in [0.717, 1.165) is 51.4 Å². The highest BCUT2D eigenvalue weighted by Gasteiger charge is 2.25. The van der Waals surface area contributed by atoms with E-state index >= 15 is 0 Å². The zero-order valence-electron chi connectivity index (χ0n) is 18.1. The van der Waals surface area contributed by atoms with Crippen LogP contribution in [-0.4, -0.2) is 35.4 Å². The molecule has 0 atom stereocenters. The van der Waals surface area contributed by atoms with Crippen molar-refractivity contribution in [1.82, 2.24) is 0 Å². The average molecular weight is 429 g/mol. The molecule has 0 unspecified atom stereocenters. The lowest BCUT2D eigenvalue weighted by Crippen LogP contribution is -2.13. The first-order valence-electron chi connectivity index (χ1n) is 11.0. The lowest BCUT2D eigenvalue weighted by Gasteiger charge is -2.16. The van der Waals surface area contributed by atoms with E-state index in [4.69, 9.17) is 9.47 Å². The van der Waals surface area contributed by atoms with Crippen molar-refractivity contribution in [1.29, 1.82) is 0 Å². The van der Waals surface area contributed by atoms with Gasteiger partial charge in [0.05, 0.1) is 18.8 Å². The zero-order valence-corrected chi connectivity index (χ0v) is 18.1. The van der Waals surface area contributed by atoms with E-state index in [-0.39, 0.29) is 22.6 Å². The second-order valence-electron chi connectivity index (χ2n) is 7.48. The first-order chi connectivity index (χ1) is 15.0. The number of ether oxygens (including phenoxy) is 2. The van der Waals surface area contributed by atoms with Gasteiger partial charge in [0.25, 0.3) is 0 Å². The fraction of sp³-hybridized carbons (Fsp3) is 0.440. The van der Waals surface area contributed by atoms with Crippen molar-refractivity contribution in [3.8, 4) is 11.5 Å². The Labute approximate surface area is 183 Å². The fourth-order valence-electron chi connectivity index (χ4n) is 3.35. The second-order valence-corrected chi connectivity index (χ2v) is 7.48. The fourth-order valence-corrected chi connectivity index (χ4v) is 3.35. The molecule has 2 aromatic rings. The van der Waals surface area contributed by atoms with Crippen molar-refractivity contribution >= 4 is 11.9 Å². The molecule has 0 aliphatic rings. The monoisotopic (exact) mass is 428 g/mol. The van der Waals surface area contributed by atoms with Gasteiger partial charge in [-0.3, -0.25) is 0 Å². The molecule has 0 spiro atoms. The van der Waals surface area contributed by atoms with E-state index < -0.39 is 11.9 Å². The lowest BCUT2D eigenvalue weighted by atomic mass is 10.1. The van der Waals surface area contributed by atoms with Gasteiger partial charge in [-0.2, -0.15) is 0 Å². The van der Waals surface area contributed by atoms with Gasteiger partial charge >= 0.3 is 11.9 Å². The third-order valence-electron chi connectivity index (χ3n) is 5.02. The summed E-state index contributed by atoms with van der Waals surface area (Å²) in [5.41, 5.74) is 0.647. The molecule has 6 nitrogen and oxygen atoms in total. The first-order valence-corrected chi connectivity index (χ1v) is 11.0. The number of carboxylic acid groups (broad SMARTS) is 2. The van der Waals surface area contributed by atoms with Gasteiger partial charge in [-0.15, -0.1) is 0 Å². The van der Waals surface area contributed by atoms with Crippen molar-refractivity contribution < 1.29 is 29.3 Å². The highest BCUT2D eigenvalue weighted by molar-refractivity contribution is 6.04. The maximum absolute atomic E-state index is 11.8. The number of carboxylic acids is 2. The molecule has 0 saturated carbocycles. The van der Waals surface area contributed by atoms with E-state index in [1.54, 1.807) is 0 Å². The van der Waals surface area contributed by atoms with Crippen LogP contribution >= 0.6 is 0 Å². The standard InChI is InChI=1S/C25H32O6/c1-2-3-4-10-18-31-23-21(16-15-20(24(26)27)22(23)25(28)29)30-17-11-6-9-14-19-12-7-5-8-13-19/h5,7-8,12-13,15-16H,2-4,6,9-11,14,17-18H2,1H3,(H,26,27)(H,28,29). The van der Waals surface area contributed by atoms with Crippen LogP contribution in [0.1, 0.15) is 78.1 Å². The molecule has 0 fully saturated rings. The average Bonchev–Trinajstić information content (AvgIpc) is 2.76. The molecule has 168 valence electrons. The minimum atomic E-state index is -1.34. The van der Waals surface area contributed by atoms with Crippen molar-refractivity contribution in [2.75, 3.05) is 13.2 Å². The van der Waals surface area contributed by atoms with Gasteiger partial charge in [-0.1, -0.05) is 56.5 Å². The topological polar surface area (TPSA) is 93.1 Å². The molecule has 0 saturated heterocycles. The van der Waals surface area contributed by atoms with Gasteiger partial charge in [0.1, 0.15) is 5.56 Å². The molecule has 2 aromatic carbocycles. The van der Waals surface area contributed by atoms with E-state index in [1.165, 1.54) is 17.7 Å². The summed E-state index contributed by atoms with van der Waals surface area (Å²) in [4.78, 5) is 23.3. The molecule has 0 heterocycles. The van der Waals surface area contributed by atoms with Gasteiger partial charge in [0, 0.05) is 0 Å². The number of hydrogen-bond donors (Lipinski definition) is 2. The Balaban J connectivity index is 1.98. The van der Waals surface area contributed by atoms with Gasteiger partial charge in [0.2, 0.25) is 0 Å². The molecule has 0 bridgehead atoms. The van der Waals surface area contributed by atoms with Crippen LogP contribution < -0.4 is 9.47 Å². The number of aryl methyl sites for hydroxylation is 1. The molecule has 6 heteroatoms. The van der Waals surface area contributed by atoms with E-state index in [0.29, 0.717) is 13.2 Å². The SMILES string of the molecule is CCCCCCOc1c(OCCCCCc2ccccc2)ccc(C(=O)O)c1C(=O)O. The van der Waals surface area contributed by atoms with Crippen LogP contribution in [0.25, 0.3) is 0 Å². The Morgan fingerprint density at radius 1 is 0.774 bits per heavy atom. The summed E-state index contributed by atoms with van der Waals surface area (Å²) in [6.45, 7) is 2.83. The highest BCUT2D eigenvalue weighted by atomic mass is 16.5. The minimum absolute atomic E-state index is 0.00758. The highest BCUT2D eigenvalue weighted by Crippen LogP contribution is 2.34. The summed E-state index contributed by atoms with van der Waals surface area (Å²) in [6, 6.07) is 13.0. The Morgan fingerprint density at radius 2 is 1.45 bits per heavy atom. The molecule has 0 radical (unpaired) electrons. The number of rotatable bonds is 15. The minimum Gasteiger partial charge on any atom is -0.490 e. The number of unbranched alkanes of at least 4 members (excludes halogenated alkanes) is 5. The van der Waals surface area contributed by atoms with Crippen LogP contribution in [0.2, 0.25) is 0 Å². The predicted molar refractivity (Wildman–Crippen MR) is 119 cm³/mol. The van der Waals surface area contributed by atoms with Crippen molar-refractivity contribution in [3.05, 3.63) is 59.2 Å². The van der Waals surface area contributed by atoms with Crippen molar-refractivity contribution in [3.63, 3.8) is 0 Å². The Morgan fingerprint density at radius 3 is 2.10 bits per heavy atom. The molecule has 0 aliphatic heterocycles. The summed E-state index contributed by atoms with van der Waals surface area (Å²) in [5.74, 6) is -2.36. The molecular weight excluding hydrogens is 396 g/mol. The first kappa shape index (κ1) is 24.3. The van der Waals surface area contributed by atoms with E-state index in [1.807, 2.05) is 18.2 Å². The quantitative estimate of drug-likeness (QED) is 0.347. The van der Waals surface area contributed by atoms with Crippen molar-refractivity contribution in [2.45, 2.75) is 58.3 Å². The summed E-state index contributed by atoms with van der Waals surface area (Å²) in [5, 5.41) is 19.0. The zero-order chi connectivity index (χ0) is 22.5. The number of carbonyl (C=O) groups is 2. The second kappa shape index (κ2) is 13.3. The maximum Gasteiger partial charge on any atom is 0.340 e. The summed E-state index contributed by atoms with van der Waals surface area (Å²) >= 11 is 0. The van der Waals surface area contributed by atoms with E-state index in [9.17, 15) is 19.8 Å². The maximum atomic E-state index is 11.8. The van der Waals surface area contributed by atoms with Crippen molar-refractivity contribution in [2.24, 2.45) is 0 Å². The van der Waals surface area contributed by atoms with Crippen LogP contribution in [0.15, 0.2) is 42.5 Å². The van der Waals surface area contributed by atoms with Crippen LogP contribution in [0.4, 0.5) is 0 Å². The van der Waals surface area contributed by atoms with E-state index in [2.05, 4.69) is 19.1 Å². The van der Waals surface area contributed by atoms with Crippen LogP contribution in [-0.2, 0) is 6.42 Å². The normalized spacial score (nSPS) is 10.6. The number of aromatic carboxylic acids is 2. The van der Waals surface area contributed by atoms with Gasteiger partial charge in [0.15, 0.2) is 11.5 Å². The van der Waals surface area contributed by atoms with Gasteiger partial charge in [-0.05, 0) is 49.8 Å². The van der Waals surface area contributed by atoms with Gasteiger partial charge in [-0.25, -0.2) is 9.59 Å².